The van der Waals surface area contributed by atoms with Crippen molar-refractivity contribution in [2.75, 3.05) is 18.0 Å². The zero-order valence-electron chi connectivity index (χ0n) is 12.6. The second-order valence-corrected chi connectivity index (χ2v) is 6.33. The van der Waals surface area contributed by atoms with Crippen LogP contribution in [0.2, 0.25) is 0 Å². The lowest BCUT2D eigenvalue weighted by Crippen LogP contribution is -2.40. The summed E-state index contributed by atoms with van der Waals surface area (Å²) in [4.78, 5) is 14.7. The Morgan fingerprint density at radius 1 is 1.05 bits per heavy atom. The first-order chi connectivity index (χ1) is 10.2. The lowest BCUT2D eigenvalue weighted by molar-refractivity contribution is 0.0926. The van der Waals surface area contributed by atoms with Gasteiger partial charge in [0.2, 0.25) is 0 Å². The second kappa shape index (κ2) is 6.48. The molecule has 0 radical (unpaired) electrons. The first kappa shape index (κ1) is 14.4. The highest BCUT2D eigenvalue weighted by atomic mass is 16.1. The smallest absolute Gasteiger partial charge is 0.251 e. The molecule has 4 nitrogen and oxygen atoms in total. The normalized spacial score (nSPS) is 25.9. The molecule has 3 N–H and O–H groups in total. The van der Waals surface area contributed by atoms with E-state index in [2.05, 4.69) is 22.3 Å². The Kier molecular flexibility index (Phi) is 4.44. The molecule has 0 unspecified atom stereocenters. The Labute approximate surface area is 126 Å². The summed E-state index contributed by atoms with van der Waals surface area (Å²) in [6.45, 7) is 2.27. The van der Waals surface area contributed by atoms with Gasteiger partial charge in [-0.25, -0.2) is 0 Å². The zero-order valence-corrected chi connectivity index (χ0v) is 12.6. The van der Waals surface area contributed by atoms with Crippen LogP contribution >= 0.6 is 0 Å². The van der Waals surface area contributed by atoms with E-state index in [0.717, 1.165) is 44.3 Å². The van der Waals surface area contributed by atoms with Gasteiger partial charge >= 0.3 is 0 Å². The van der Waals surface area contributed by atoms with Crippen LogP contribution < -0.4 is 16.0 Å². The van der Waals surface area contributed by atoms with Gasteiger partial charge in [0.05, 0.1) is 0 Å². The molecule has 0 bridgehead atoms. The highest BCUT2D eigenvalue weighted by Gasteiger charge is 2.20. The molecule has 3 rings (SSSR count). The fraction of sp³-hybridized carbons (Fsp3) is 0.588. The minimum atomic E-state index is 0.0449. The van der Waals surface area contributed by atoms with Crippen molar-refractivity contribution in [3.05, 3.63) is 29.8 Å². The number of hydrogen-bond donors (Lipinski definition) is 2. The van der Waals surface area contributed by atoms with Crippen molar-refractivity contribution in [1.29, 1.82) is 0 Å². The third kappa shape index (κ3) is 3.56. The largest absolute Gasteiger partial charge is 0.372 e. The van der Waals surface area contributed by atoms with Crippen molar-refractivity contribution in [1.82, 2.24) is 5.32 Å². The van der Waals surface area contributed by atoms with E-state index in [4.69, 9.17) is 5.73 Å². The predicted octanol–water partition coefficient (Wildman–Crippen LogP) is 2.29. The van der Waals surface area contributed by atoms with Crippen LogP contribution in [0.25, 0.3) is 0 Å². The monoisotopic (exact) mass is 287 g/mol. The summed E-state index contributed by atoms with van der Waals surface area (Å²) in [5.74, 6) is 0.0449. The molecule has 114 valence electrons. The number of benzene rings is 1. The number of nitrogens with zero attached hydrogens (tertiary/aromatic N) is 1. The van der Waals surface area contributed by atoms with Crippen molar-refractivity contribution >= 4 is 11.6 Å². The molecule has 1 saturated carbocycles. The SMILES string of the molecule is NC1CCC(NC(=O)c2ccc(N3CCCC3)cc2)CC1. The molecule has 1 heterocycles. The second-order valence-electron chi connectivity index (χ2n) is 6.33. The topological polar surface area (TPSA) is 58.4 Å². The molecule has 1 saturated heterocycles. The Morgan fingerprint density at radius 3 is 2.29 bits per heavy atom. The maximum absolute atomic E-state index is 12.3. The van der Waals surface area contributed by atoms with Gasteiger partial charge in [0.25, 0.3) is 5.91 Å². The molecule has 21 heavy (non-hydrogen) atoms. The molecular formula is C17H25N3O. The molecule has 1 aromatic rings. The molecule has 2 fully saturated rings. The van der Waals surface area contributed by atoms with Crippen molar-refractivity contribution in [3.63, 3.8) is 0 Å². The molecule has 2 aliphatic rings. The summed E-state index contributed by atoms with van der Waals surface area (Å²) in [6.07, 6.45) is 6.56. The summed E-state index contributed by atoms with van der Waals surface area (Å²) >= 11 is 0. The lowest BCUT2D eigenvalue weighted by atomic mass is 9.91. The molecule has 0 atom stereocenters. The Morgan fingerprint density at radius 2 is 1.67 bits per heavy atom. The van der Waals surface area contributed by atoms with Gasteiger partial charge in [-0.15, -0.1) is 0 Å². The highest BCUT2D eigenvalue weighted by Crippen LogP contribution is 2.21. The van der Waals surface area contributed by atoms with Gasteiger partial charge in [0, 0.05) is 36.4 Å². The summed E-state index contributed by atoms with van der Waals surface area (Å²) in [5, 5.41) is 3.14. The molecule has 1 aliphatic carbocycles. The number of rotatable bonds is 3. The Bertz CT molecular complexity index is 471. The number of anilines is 1. The van der Waals surface area contributed by atoms with E-state index in [1.807, 2.05) is 12.1 Å². The zero-order chi connectivity index (χ0) is 14.7. The minimum absolute atomic E-state index is 0.0449. The summed E-state index contributed by atoms with van der Waals surface area (Å²) in [5.41, 5.74) is 7.88. The first-order valence-corrected chi connectivity index (χ1v) is 8.14. The van der Waals surface area contributed by atoms with Gasteiger partial charge in [-0.3, -0.25) is 4.79 Å². The average molecular weight is 287 g/mol. The molecule has 4 heteroatoms. The van der Waals surface area contributed by atoms with Crippen molar-refractivity contribution in [2.45, 2.75) is 50.6 Å². The van der Waals surface area contributed by atoms with Crippen LogP contribution in [0.4, 0.5) is 5.69 Å². The third-order valence-corrected chi connectivity index (χ3v) is 4.71. The van der Waals surface area contributed by atoms with Gasteiger partial charge < -0.3 is 16.0 Å². The number of hydrogen-bond acceptors (Lipinski definition) is 3. The quantitative estimate of drug-likeness (QED) is 0.896. The average Bonchev–Trinajstić information content (AvgIpc) is 3.04. The fourth-order valence-corrected chi connectivity index (χ4v) is 3.33. The van der Waals surface area contributed by atoms with E-state index in [9.17, 15) is 4.79 Å². The summed E-state index contributed by atoms with van der Waals surface area (Å²) in [6, 6.07) is 8.62. The van der Waals surface area contributed by atoms with Crippen LogP contribution in [-0.2, 0) is 0 Å². The number of carbonyl (C=O) groups excluding carboxylic acids is 1. The van der Waals surface area contributed by atoms with Crippen molar-refractivity contribution < 1.29 is 4.79 Å². The van der Waals surface area contributed by atoms with Gasteiger partial charge in [-0.2, -0.15) is 0 Å². The molecule has 1 aliphatic heterocycles. The number of carbonyl (C=O) groups is 1. The Balaban J connectivity index is 1.57. The van der Waals surface area contributed by atoms with E-state index >= 15 is 0 Å². The molecule has 1 amide bonds. The lowest BCUT2D eigenvalue weighted by Gasteiger charge is -2.26. The van der Waals surface area contributed by atoms with Crippen LogP contribution in [0.15, 0.2) is 24.3 Å². The maximum Gasteiger partial charge on any atom is 0.251 e. The van der Waals surface area contributed by atoms with Crippen LogP contribution in [-0.4, -0.2) is 31.1 Å². The predicted molar refractivity (Wildman–Crippen MR) is 85.6 cm³/mol. The molecule has 0 aromatic heterocycles. The molecular weight excluding hydrogens is 262 g/mol. The molecule has 0 spiro atoms. The van der Waals surface area contributed by atoms with E-state index < -0.39 is 0 Å². The summed E-state index contributed by atoms with van der Waals surface area (Å²) < 4.78 is 0. The van der Waals surface area contributed by atoms with Gasteiger partial charge in [-0.05, 0) is 62.8 Å². The number of nitrogens with one attached hydrogen (secondary N) is 1. The maximum atomic E-state index is 12.3. The van der Waals surface area contributed by atoms with Crippen LogP contribution in [0.3, 0.4) is 0 Å². The van der Waals surface area contributed by atoms with Crippen molar-refractivity contribution in [3.8, 4) is 0 Å². The standard InChI is InChI=1S/C17H25N3O/c18-14-5-7-15(8-6-14)19-17(21)13-3-9-16(10-4-13)20-11-1-2-12-20/h3-4,9-10,14-15H,1-2,5-8,11-12,18H2,(H,19,21). The van der Waals surface area contributed by atoms with E-state index in [1.165, 1.54) is 18.5 Å². The Hall–Kier alpha value is -1.55. The van der Waals surface area contributed by atoms with E-state index in [1.54, 1.807) is 0 Å². The number of amides is 1. The minimum Gasteiger partial charge on any atom is -0.372 e. The fourth-order valence-electron chi connectivity index (χ4n) is 3.33. The molecule has 1 aromatic carbocycles. The van der Waals surface area contributed by atoms with E-state index in [-0.39, 0.29) is 11.9 Å². The third-order valence-electron chi connectivity index (χ3n) is 4.71. The van der Waals surface area contributed by atoms with Crippen LogP contribution in [0.5, 0.6) is 0 Å². The van der Waals surface area contributed by atoms with Crippen LogP contribution in [0, 0.1) is 0 Å². The van der Waals surface area contributed by atoms with Crippen molar-refractivity contribution in [2.24, 2.45) is 5.73 Å². The van der Waals surface area contributed by atoms with Gasteiger partial charge in [0.15, 0.2) is 0 Å². The van der Waals surface area contributed by atoms with E-state index in [0.29, 0.717) is 6.04 Å². The highest BCUT2D eigenvalue weighted by molar-refractivity contribution is 5.94. The number of nitrogens with two attached hydrogens (primary N) is 1. The van der Waals surface area contributed by atoms with Crippen LogP contribution in [0.1, 0.15) is 48.9 Å². The van der Waals surface area contributed by atoms with Gasteiger partial charge in [-0.1, -0.05) is 0 Å². The first-order valence-electron chi connectivity index (χ1n) is 8.14. The summed E-state index contributed by atoms with van der Waals surface area (Å²) in [7, 11) is 0. The van der Waals surface area contributed by atoms with Gasteiger partial charge in [0.1, 0.15) is 0 Å².